The average molecular weight is 213 g/mol. The largest absolute Gasteiger partial charge is 0.464 e. The van der Waals surface area contributed by atoms with Crippen LogP contribution < -0.4 is 0 Å². The number of carbonyl (C=O) groups excluding carboxylic acids is 2. The highest BCUT2D eigenvalue weighted by Gasteiger charge is 2.16. The highest BCUT2D eigenvalue weighted by atomic mass is 16.5. The minimum absolute atomic E-state index is 0.194. The van der Waals surface area contributed by atoms with Crippen molar-refractivity contribution in [3.8, 4) is 0 Å². The van der Waals surface area contributed by atoms with Crippen LogP contribution in [0, 0.1) is 0 Å². The van der Waals surface area contributed by atoms with Gasteiger partial charge in [-0.3, -0.25) is 9.59 Å². The number of rotatable bonds is 4. The molecule has 1 aliphatic heterocycles. The summed E-state index contributed by atoms with van der Waals surface area (Å²) >= 11 is 0. The molecule has 15 heavy (non-hydrogen) atoms. The Morgan fingerprint density at radius 2 is 2.20 bits per heavy atom. The van der Waals surface area contributed by atoms with Gasteiger partial charge in [-0.05, 0) is 12.8 Å². The quantitative estimate of drug-likeness (QED) is 0.662. The number of carbonyl (C=O) groups is 2. The Kier molecular flexibility index (Phi) is 5.15. The van der Waals surface area contributed by atoms with E-state index in [4.69, 9.17) is 4.74 Å². The van der Waals surface area contributed by atoms with Crippen molar-refractivity contribution < 1.29 is 14.3 Å². The number of hydrogen-bond acceptors (Lipinski definition) is 3. The van der Waals surface area contributed by atoms with E-state index in [1.807, 2.05) is 0 Å². The van der Waals surface area contributed by atoms with Gasteiger partial charge in [0.25, 0.3) is 0 Å². The molecule has 1 aliphatic rings. The molecule has 0 bridgehead atoms. The number of likely N-dealkylation sites (tertiary alicyclic amines) is 1. The van der Waals surface area contributed by atoms with E-state index in [1.54, 1.807) is 11.8 Å². The Bertz CT molecular complexity index is 228. The lowest BCUT2D eigenvalue weighted by molar-refractivity contribution is -0.145. The molecule has 1 rings (SSSR count). The summed E-state index contributed by atoms with van der Waals surface area (Å²) in [7, 11) is 0. The van der Waals surface area contributed by atoms with Gasteiger partial charge in [0.05, 0.1) is 6.54 Å². The maximum atomic E-state index is 11.5. The van der Waals surface area contributed by atoms with Crippen LogP contribution in [0.25, 0.3) is 0 Å². The first-order valence-electron chi connectivity index (χ1n) is 5.67. The molecule has 1 heterocycles. The smallest absolute Gasteiger partial charge is 0.305 e. The summed E-state index contributed by atoms with van der Waals surface area (Å²) in [6.45, 7) is 3.45. The van der Waals surface area contributed by atoms with Crippen LogP contribution in [0.2, 0.25) is 0 Å². The van der Waals surface area contributed by atoms with E-state index >= 15 is 0 Å². The molecular formula is C11H19NO3. The second-order valence-corrected chi connectivity index (χ2v) is 3.77. The predicted molar refractivity (Wildman–Crippen MR) is 56.3 cm³/mol. The zero-order valence-corrected chi connectivity index (χ0v) is 9.33. The zero-order valence-electron chi connectivity index (χ0n) is 9.33. The van der Waals surface area contributed by atoms with E-state index in [1.165, 1.54) is 0 Å². The maximum absolute atomic E-state index is 11.5. The average Bonchev–Trinajstić information content (AvgIpc) is 2.44. The van der Waals surface area contributed by atoms with Crippen molar-refractivity contribution in [3.63, 3.8) is 0 Å². The second kappa shape index (κ2) is 6.43. The van der Waals surface area contributed by atoms with Gasteiger partial charge >= 0.3 is 5.97 Å². The van der Waals surface area contributed by atoms with E-state index in [0.29, 0.717) is 26.0 Å². The first-order chi connectivity index (χ1) is 7.24. The fourth-order valence-corrected chi connectivity index (χ4v) is 1.65. The highest BCUT2D eigenvalue weighted by Crippen LogP contribution is 2.10. The third-order valence-corrected chi connectivity index (χ3v) is 2.58. The van der Waals surface area contributed by atoms with Crippen LogP contribution in [0.5, 0.6) is 0 Å². The molecule has 0 radical (unpaired) electrons. The Hall–Kier alpha value is -1.06. The van der Waals surface area contributed by atoms with Crippen molar-refractivity contribution in [2.75, 3.05) is 19.7 Å². The van der Waals surface area contributed by atoms with E-state index in [0.717, 1.165) is 25.8 Å². The van der Waals surface area contributed by atoms with E-state index < -0.39 is 0 Å². The van der Waals surface area contributed by atoms with Crippen LogP contribution in [0.3, 0.4) is 0 Å². The number of nitrogens with zero attached hydrogens (tertiary/aromatic N) is 1. The van der Waals surface area contributed by atoms with Gasteiger partial charge in [-0.1, -0.05) is 13.3 Å². The lowest BCUT2D eigenvalue weighted by atomic mass is 10.2. The molecule has 0 aromatic heterocycles. The fraction of sp³-hybridized carbons (Fsp3) is 0.818. The van der Waals surface area contributed by atoms with Crippen molar-refractivity contribution in [2.24, 2.45) is 0 Å². The molecule has 1 saturated heterocycles. The minimum atomic E-state index is -0.197. The number of amides is 1. The Labute approximate surface area is 90.6 Å². The van der Waals surface area contributed by atoms with Crippen molar-refractivity contribution in [1.82, 2.24) is 4.90 Å². The van der Waals surface area contributed by atoms with Crippen molar-refractivity contribution >= 4 is 11.9 Å². The first kappa shape index (κ1) is 12.0. The van der Waals surface area contributed by atoms with Crippen LogP contribution in [0.1, 0.15) is 39.0 Å². The molecular weight excluding hydrogens is 194 g/mol. The summed E-state index contributed by atoms with van der Waals surface area (Å²) in [5, 5.41) is 0. The Morgan fingerprint density at radius 3 is 2.93 bits per heavy atom. The monoisotopic (exact) mass is 213 g/mol. The standard InChI is InChI=1S/C11H19NO3/c1-2-11(14)15-9-8-12-7-5-3-4-6-10(12)13/h2-9H2,1H3. The van der Waals surface area contributed by atoms with Crippen molar-refractivity contribution in [1.29, 1.82) is 0 Å². The van der Waals surface area contributed by atoms with Gasteiger partial charge in [-0.15, -0.1) is 0 Å². The third-order valence-electron chi connectivity index (χ3n) is 2.58. The summed E-state index contributed by atoms with van der Waals surface area (Å²) in [6.07, 6.45) is 4.21. The molecule has 4 nitrogen and oxygen atoms in total. The van der Waals surface area contributed by atoms with Crippen LogP contribution in [-0.4, -0.2) is 36.5 Å². The molecule has 0 aliphatic carbocycles. The zero-order chi connectivity index (χ0) is 11.1. The van der Waals surface area contributed by atoms with Gasteiger partial charge in [-0.2, -0.15) is 0 Å². The molecule has 0 N–H and O–H groups in total. The maximum Gasteiger partial charge on any atom is 0.305 e. The Balaban J connectivity index is 2.23. The third kappa shape index (κ3) is 4.32. The molecule has 0 saturated carbocycles. The predicted octanol–water partition coefficient (Wildman–Crippen LogP) is 1.34. The molecule has 86 valence electrons. The van der Waals surface area contributed by atoms with Crippen LogP contribution in [0.15, 0.2) is 0 Å². The van der Waals surface area contributed by atoms with Gasteiger partial charge in [-0.25, -0.2) is 0 Å². The topological polar surface area (TPSA) is 46.6 Å². The van der Waals surface area contributed by atoms with Gasteiger partial charge in [0.15, 0.2) is 0 Å². The molecule has 0 unspecified atom stereocenters. The molecule has 0 aromatic rings. The molecule has 1 fully saturated rings. The fourth-order valence-electron chi connectivity index (χ4n) is 1.65. The van der Waals surface area contributed by atoms with E-state index in [9.17, 15) is 9.59 Å². The van der Waals surface area contributed by atoms with Crippen LogP contribution >= 0.6 is 0 Å². The SMILES string of the molecule is CCC(=O)OCCN1CCCCCC1=O. The summed E-state index contributed by atoms with van der Waals surface area (Å²) < 4.78 is 4.95. The lowest BCUT2D eigenvalue weighted by Gasteiger charge is -2.19. The van der Waals surface area contributed by atoms with Gasteiger partial charge in [0.1, 0.15) is 6.61 Å². The molecule has 4 heteroatoms. The Morgan fingerprint density at radius 1 is 1.40 bits per heavy atom. The lowest BCUT2D eigenvalue weighted by Crippen LogP contribution is -2.33. The summed E-state index contributed by atoms with van der Waals surface area (Å²) in [5.74, 6) is -0.00248. The van der Waals surface area contributed by atoms with Crippen molar-refractivity contribution in [3.05, 3.63) is 0 Å². The van der Waals surface area contributed by atoms with E-state index in [-0.39, 0.29) is 11.9 Å². The molecule has 0 aromatic carbocycles. The number of esters is 1. The highest BCUT2D eigenvalue weighted by molar-refractivity contribution is 5.76. The minimum Gasteiger partial charge on any atom is -0.464 e. The van der Waals surface area contributed by atoms with Crippen LogP contribution in [0.4, 0.5) is 0 Å². The van der Waals surface area contributed by atoms with E-state index in [2.05, 4.69) is 0 Å². The normalized spacial score (nSPS) is 17.4. The summed E-state index contributed by atoms with van der Waals surface area (Å²) in [4.78, 5) is 24.2. The molecule has 0 atom stereocenters. The first-order valence-corrected chi connectivity index (χ1v) is 5.67. The van der Waals surface area contributed by atoms with Gasteiger partial charge in [0.2, 0.25) is 5.91 Å². The second-order valence-electron chi connectivity index (χ2n) is 3.77. The molecule has 1 amide bonds. The number of hydrogen-bond donors (Lipinski definition) is 0. The molecule has 0 spiro atoms. The van der Waals surface area contributed by atoms with Crippen molar-refractivity contribution in [2.45, 2.75) is 39.0 Å². The van der Waals surface area contributed by atoms with Gasteiger partial charge < -0.3 is 9.64 Å². The van der Waals surface area contributed by atoms with Crippen LogP contribution in [-0.2, 0) is 14.3 Å². The summed E-state index contributed by atoms with van der Waals surface area (Å²) in [5.41, 5.74) is 0. The number of ether oxygens (including phenoxy) is 1. The van der Waals surface area contributed by atoms with Gasteiger partial charge in [0, 0.05) is 19.4 Å². The summed E-state index contributed by atoms with van der Waals surface area (Å²) in [6, 6.07) is 0.